The number of ether oxygens (including phenoxy) is 3. The Morgan fingerprint density at radius 3 is 1.83 bits per heavy atom. The van der Waals surface area contributed by atoms with Crippen molar-refractivity contribution in [2.75, 3.05) is 13.2 Å². The predicted octanol–water partition coefficient (Wildman–Crippen LogP) is -5.40. The first-order chi connectivity index (χ1) is 10.8. The first-order valence-corrected chi connectivity index (χ1v) is 7.08. The molecule has 0 saturated carbocycles. The minimum Gasteiger partial charge on any atom is -0.394 e. The summed E-state index contributed by atoms with van der Waals surface area (Å²) in [5.41, 5.74) is 0. The molecule has 23 heavy (non-hydrogen) atoms. The second kappa shape index (κ2) is 7.63. The van der Waals surface area contributed by atoms with Crippen LogP contribution in [0.3, 0.4) is 0 Å². The van der Waals surface area contributed by atoms with Gasteiger partial charge in [-0.05, 0) is 0 Å². The molecule has 10 atom stereocenters. The third-order valence-corrected chi connectivity index (χ3v) is 3.98. The zero-order valence-electron chi connectivity index (χ0n) is 12.0. The zero-order valence-corrected chi connectivity index (χ0v) is 12.0. The lowest BCUT2D eigenvalue weighted by molar-refractivity contribution is -0.355. The van der Waals surface area contributed by atoms with E-state index in [2.05, 4.69) is 0 Å². The monoisotopic (exact) mass is 342 g/mol. The Labute approximate surface area is 130 Å². The fraction of sp³-hybridized carbons (Fsp3) is 1.00. The van der Waals surface area contributed by atoms with Crippen LogP contribution in [-0.2, 0) is 14.2 Å². The fourth-order valence-corrected chi connectivity index (χ4v) is 2.57. The summed E-state index contributed by atoms with van der Waals surface area (Å²) in [6.45, 7) is -1.35. The van der Waals surface area contributed by atoms with E-state index < -0.39 is 74.6 Å². The molecule has 2 fully saturated rings. The van der Waals surface area contributed by atoms with E-state index in [4.69, 9.17) is 19.3 Å². The second-order valence-corrected chi connectivity index (χ2v) is 5.53. The average Bonchev–Trinajstić information content (AvgIpc) is 2.55. The van der Waals surface area contributed by atoms with Crippen molar-refractivity contribution in [3.05, 3.63) is 0 Å². The maximum atomic E-state index is 9.94. The number of aliphatic hydroxyl groups excluding tert-OH is 8. The first kappa shape index (κ1) is 18.9. The quantitative estimate of drug-likeness (QED) is 0.243. The summed E-state index contributed by atoms with van der Waals surface area (Å²) in [7, 11) is 0. The van der Waals surface area contributed by atoms with Crippen LogP contribution in [0.2, 0.25) is 0 Å². The van der Waals surface area contributed by atoms with Gasteiger partial charge in [0.2, 0.25) is 0 Å². The van der Waals surface area contributed by atoms with Gasteiger partial charge in [-0.1, -0.05) is 0 Å². The number of hydrogen-bond acceptors (Lipinski definition) is 11. The van der Waals surface area contributed by atoms with Crippen molar-refractivity contribution in [1.29, 1.82) is 0 Å². The molecule has 0 bridgehead atoms. The van der Waals surface area contributed by atoms with Gasteiger partial charge in [-0.15, -0.1) is 0 Å². The van der Waals surface area contributed by atoms with E-state index in [1.807, 2.05) is 0 Å². The van der Waals surface area contributed by atoms with E-state index in [1.54, 1.807) is 0 Å². The van der Waals surface area contributed by atoms with E-state index in [1.165, 1.54) is 0 Å². The van der Waals surface area contributed by atoms with Crippen LogP contribution in [0.25, 0.3) is 0 Å². The Balaban J connectivity index is 2.11. The number of aliphatic hydroxyl groups is 8. The molecule has 0 amide bonds. The van der Waals surface area contributed by atoms with E-state index in [9.17, 15) is 35.7 Å². The maximum absolute atomic E-state index is 9.94. The average molecular weight is 342 g/mol. The van der Waals surface area contributed by atoms with Crippen molar-refractivity contribution in [1.82, 2.24) is 0 Å². The molecule has 8 N–H and O–H groups in total. The molecule has 0 radical (unpaired) electrons. The molecule has 2 saturated heterocycles. The summed E-state index contributed by atoms with van der Waals surface area (Å²) in [6, 6.07) is 0. The molecule has 0 aromatic heterocycles. The van der Waals surface area contributed by atoms with Crippen LogP contribution in [0, 0.1) is 0 Å². The summed E-state index contributed by atoms with van der Waals surface area (Å²) >= 11 is 0. The van der Waals surface area contributed by atoms with Crippen molar-refractivity contribution in [3.63, 3.8) is 0 Å². The van der Waals surface area contributed by atoms with Gasteiger partial charge < -0.3 is 55.1 Å². The van der Waals surface area contributed by atoms with E-state index in [-0.39, 0.29) is 0 Å². The van der Waals surface area contributed by atoms with Crippen LogP contribution in [0.5, 0.6) is 0 Å². The summed E-state index contributed by atoms with van der Waals surface area (Å²) in [4.78, 5) is 0. The summed E-state index contributed by atoms with van der Waals surface area (Å²) in [5, 5.41) is 76.5. The molecule has 136 valence electrons. The molecule has 2 rings (SSSR count). The van der Waals surface area contributed by atoms with Crippen molar-refractivity contribution in [2.24, 2.45) is 0 Å². The summed E-state index contributed by atoms with van der Waals surface area (Å²) < 4.78 is 15.3. The van der Waals surface area contributed by atoms with Crippen molar-refractivity contribution in [3.8, 4) is 0 Å². The molecular weight excluding hydrogens is 320 g/mol. The molecule has 0 aliphatic carbocycles. The van der Waals surface area contributed by atoms with E-state index in [0.717, 1.165) is 0 Å². The Morgan fingerprint density at radius 2 is 1.26 bits per heavy atom. The third kappa shape index (κ3) is 3.65. The maximum Gasteiger partial charge on any atom is 0.187 e. The number of rotatable bonds is 4. The minimum atomic E-state index is -1.74. The van der Waals surface area contributed by atoms with Crippen molar-refractivity contribution in [2.45, 2.75) is 61.4 Å². The Kier molecular flexibility index (Phi) is 6.27. The van der Waals surface area contributed by atoms with Gasteiger partial charge in [-0.3, -0.25) is 0 Å². The van der Waals surface area contributed by atoms with Gasteiger partial charge in [0.05, 0.1) is 13.2 Å². The summed E-state index contributed by atoms with van der Waals surface area (Å²) in [6.07, 6.45) is -15.6. The van der Waals surface area contributed by atoms with Crippen LogP contribution in [0.15, 0.2) is 0 Å². The van der Waals surface area contributed by atoms with Crippen LogP contribution in [-0.4, -0.2) is 115 Å². The van der Waals surface area contributed by atoms with Crippen molar-refractivity contribution < 1.29 is 55.1 Å². The van der Waals surface area contributed by atoms with Crippen LogP contribution in [0.1, 0.15) is 0 Å². The Hall–Kier alpha value is -0.440. The van der Waals surface area contributed by atoms with Gasteiger partial charge in [0.25, 0.3) is 0 Å². The highest BCUT2D eigenvalue weighted by Crippen LogP contribution is 2.28. The molecule has 6 unspecified atom stereocenters. The molecule has 2 aliphatic rings. The Bertz CT molecular complexity index is 378. The van der Waals surface area contributed by atoms with E-state index in [0.29, 0.717) is 0 Å². The van der Waals surface area contributed by atoms with Crippen LogP contribution >= 0.6 is 0 Å². The number of hydrogen-bond donors (Lipinski definition) is 8. The van der Waals surface area contributed by atoms with Crippen LogP contribution in [0.4, 0.5) is 0 Å². The third-order valence-electron chi connectivity index (χ3n) is 3.98. The van der Waals surface area contributed by atoms with Gasteiger partial charge in [-0.2, -0.15) is 0 Å². The molecule has 2 heterocycles. The van der Waals surface area contributed by atoms with Gasteiger partial charge in [0.15, 0.2) is 12.6 Å². The molecular formula is C12H22O11. The lowest BCUT2D eigenvalue weighted by Crippen LogP contribution is -2.64. The summed E-state index contributed by atoms with van der Waals surface area (Å²) in [5.74, 6) is 0. The highest BCUT2D eigenvalue weighted by molar-refractivity contribution is 4.93. The van der Waals surface area contributed by atoms with Gasteiger partial charge >= 0.3 is 0 Å². The molecule has 0 aromatic rings. The second-order valence-electron chi connectivity index (χ2n) is 5.53. The predicted molar refractivity (Wildman–Crippen MR) is 68.6 cm³/mol. The Morgan fingerprint density at radius 1 is 0.652 bits per heavy atom. The molecule has 2 aliphatic heterocycles. The normalized spacial score (nSPS) is 51.7. The SMILES string of the molecule is OCC1O[C@@H](O[C@H]2C(CO)O[C@@H](O)C(O)C2O)C(O)C(O)[C@H]1O. The molecule has 0 spiro atoms. The highest BCUT2D eigenvalue weighted by Gasteiger charge is 2.50. The van der Waals surface area contributed by atoms with Gasteiger partial charge in [0, 0.05) is 0 Å². The van der Waals surface area contributed by atoms with Crippen LogP contribution < -0.4 is 0 Å². The first-order valence-electron chi connectivity index (χ1n) is 7.08. The standard InChI is InChI=1S/C12H22O11/c13-1-3-5(15)6(16)9(19)12(22-3)23-10-4(2-14)21-11(20)8(18)7(10)17/h3-20H,1-2H2/t3?,4?,5-,6?,7?,8?,9?,10-,11+,12-/m0/s1. The molecule has 11 heteroatoms. The highest BCUT2D eigenvalue weighted by atomic mass is 16.7. The van der Waals surface area contributed by atoms with Gasteiger partial charge in [0.1, 0.15) is 48.8 Å². The largest absolute Gasteiger partial charge is 0.394 e. The smallest absolute Gasteiger partial charge is 0.187 e. The zero-order chi connectivity index (χ0) is 17.3. The topological polar surface area (TPSA) is 190 Å². The van der Waals surface area contributed by atoms with Crippen molar-refractivity contribution >= 4 is 0 Å². The fourth-order valence-electron chi connectivity index (χ4n) is 2.57. The van der Waals surface area contributed by atoms with Gasteiger partial charge in [-0.25, -0.2) is 0 Å². The molecule has 11 nitrogen and oxygen atoms in total. The lowest BCUT2D eigenvalue weighted by atomic mass is 9.97. The lowest BCUT2D eigenvalue weighted by Gasteiger charge is -2.45. The minimum absolute atomic E-state index is 0.667. The molecule has 0 aromatic carbocycles. The van der Waals surface area contributed by atoms with E-state index >= 15 is 0 Å².